The van der Waals surface area contributed by atoms with E-state index in [-0.39, 0.29) is 15.8 Å². The first-order valence-corrected chi connectivity index (χ1v) is 14.2. The van der Waals surface area contributed by atoms with Gasteiger partial charge in [0, 0.05) is 28.2 Å². The van der Waals surface area contributed by atoms with Gasteiger partial charge >= 0.3 is 0 Å². The van der Waals surface area contributed by atoms with Crippen LogP contribution < -0.4 is 9.86 Å². The van der Waals surface area contributed by atoms with Gasteiger partial charge in [-0.3, -0.25) is 0 Å². The highest BCUT2D eigenvalue weighted by molar-refractivity contribution is 8.00. The van der Waals surface area contributed by atoms with Crippen LogP contribution in [0.3, 0.4) is 0 Å². The third kappa shape index (κ3) is 8.22. The molecule has 0 saturated carbocycles. The van der Waals surface area contributed by atoms with E-state index in [1.165, 1.54) is 35.7 Å². The fourth-order valence-electron chi connectivity index (χ4n) is 2.43. The summed E-state index contributed by atoms with van der Waals surface area (Å²) >= 11 is 2.87. The van der Waals surface area contributed by atoms with Crippen molar-refractivity contribution < 1.29 is 21.9 Å². The molecular formula is C19H26N2O5S4. The fourth-order valence-corrected chi connectivity index (χ4v) is 6.24. The maximum Gasteiger partial charge on any atom is 0.240 e. The number of aliphatic hydroxyl groups excluding tert-OH is 1. The number of hydrogen-bond acceptors (Lipinski definition) is 7. The predicted molar refractivity (Wildman–Crippen MR) is 123 cm³/mol. The molecule has 0 aromatic heterocycles. The lowest BCUT2D eigenvalue weighted by Crippen LogP contribution is -2.34. The minimum absolute atomic E-state index is 0.0463. The van der Waals surface area contributed by atoms with E-state index in [2.05, 4.69) is 4.72 Å². The first-order chi connectivity index (χ1) is 14.0. The Kier molecular flexibility index (Phi) is 9.22. The van der Waals surface area contributed by atoms with Gasteiger partial charge in [0.1, 0.15) is 0 Å². The van der Waals surface area contributed by atoms with Gasteiger partial charge in [-0.05, 0) is 50.2 Å². The maximum atomic E-state index is 12.4. The van der Waals surface area contributed by atoms with Crippen molar-refractivity contribution in [2.75, 3.05) is 17.3 Å². The van der Waals surface area contributed by atoms with Crippen LogP contribution >= 0.6 is 23.5 Å². The van der Waals surface area contributed by atoms with Gasteiger partial charge < -0.3 is 5.11 Å². The summed E-state index contributed by atoms with van der Waals surface area (Å²) in [6.45, 7) is 3.68. The number of primary sulfonamides is 1. The summed E-state index contributed by atoms with van der Waals surface area (Å²) in [6.07, 6.45) is -0.584. The number of nitrogens with one attached hydrogen (secondary N) is 1. The molecule has 0 aliphatic heterocycles. The summed E-state index contributed by atoms with van der Waals surface area (Å²) in [7, 11) is -7.28. The highest BCUT2D eigenvalue weighted by atomic mass is 32.2. The molecule has 4 N–H and O–H groups in total. The van der Waals surface area contributed by atoms with Gasteiger partial charge in [0.25, 0.3) is 0 Å². The Morgan fingerprint density at radius 1 is 0.933 bits per heavy atom. The normalized spacial score (nSPS) is 14.4. The van der Waals surface area contributed by atoms with Crippen LogP contribution in [0.15, 0.2) is 63.2 Å². The second-order valence-electron chi connectivity index (χ2n) is 6.85. The van der Waals surface area contributed by atoms with Gasteiger partial charge in [-0.25, -0.2) is 26.7 Å². The molecule has 0 heterocycles. The number of aliphatic hydroxyl groups is 1. The predicted octanol–water partition coefficient (Wildman–Crippen LogP) is 2.20. The van der Waals surface area contributed by atoms with E-state index >= 15 is 0 Å². The van der Waals surface area contributed by atoms with Crippen LogP contribution in [0.4, 0.5) is 0 Å². The molecule has 0 spiro atoms. The average molecular weight is 491 g/mol. The fraction of sp³-hybridized carbons (Fsp3) is 0.368. The van der Waals surface area contributed by atoms with E-state index in [1.807, 2.05) is 6.92 Å². The first kappa shape index (κ1) is 25.2. The zero-order valence-electron chi connectivity index (χ0n) is 16.7. The van der Waals surface area contributed by atoms with Crippen molar-refractivity contribution in [2.45, 2.75) is 40.7 Å². The van der Waals surface area contributed by atoms with Crippen LogP contribution in [0.5, 0.6) is 0 Å². The number of hydrogen-bond donors (Lipinski definition) is 3. The summed E-state index contributed by atoms with van der Waals surface area (Å²) in [5.74, 6) is 1.42. The lowest BCUT2D eigenvalue weighted by Gasteiger charge is -2.15. The zero-order chi connectivity index (χ0) is 22.4. The largest absolute Gasteiger partial charge is 0.391 e. The Labute approximate surface area is 186 Å². The van der Waals surface area contributed by atoms with Gasteiger partial charge in [0.2, 0.25) is 20.0 Å². The molecular weight excluding hydrogens is 464 g/mol. The van der Waals surface area contributed by atoms with Crippen molar-refractivity contribution in [1.29, 1.82) is 0 Å². The number of sulfonamides is 2. The number of nitrogens with two attached hydrogens (primary N) is 1. The van der Waals surface area contributed by atoms with Gasteiger partial charge in [0.05, 0.1) is 15.9 Å². The quantitative estimate of drug-likeness (QED) is 0.412. The van der Waals surface area contributed by atoms with Crippen LogP contribution in [0.25, 0.3) is 0 Å². The minimum atomic E-state index is -3.71. The average Bonchev–Trinajstić information content (AvgIpc) is 2.66. The van der Waals surface area contributed by atoms with Crippen LogP contribution in [-0.2, 0) is 20.0 Å². The number of rotatable bonds is 11. The molecule has 2 rings (SSSR count). The summed E-state index contributed by atoms with van der Waals surface area (Å²) in [5.41, 5.74) is 0.991. The lowest BCUT2D eigenvalue weighted by atomic mass is 10.2. The second kappa shape index (κ2) is 11.0. The van der Waals surface area contributed by atoms with Crippen molar-refractivity contribution in [3.63, 3.8) is 0 Å². The molecule has 0 aliphatic carbocycles. The smallest absolute Gasteiger partial charge is 0.240 e. The molecule has 2 atom stereocenters. The summed E-state index contributed by atoms with van der Waals surface area (Å²) in [5, 5.41) is 15.2. The number of benzene rings is 2. The van der Waals surface area contributed by atoms with E-state index in [1.54, 1.807) is 43.3 Å². The zero-order valence-corrected chi connectivity index (χ0v) is 20.0. The Hall–Kier alpha value is -1.08. The molecule has 166 valence electrons. The van der Waals surface area contributed by atoms with Gasteiger partial charge in [0.15, 0.2) is 0 Å². The summed E-state index contributed by atoms with van der Waals surface area (Å²) < 4.78 is 49.9. The van der Waals surface area contributed by atoms with Crippen LogP contribution in [0, 0.1) is 6.92 Å². The Morgan fingerprint density at radius 2 is 1.50 bits per heavy atom. The molecule has 1 unspecified atom stereocenters. The SMILES string of the molecule is Cc1ccc(S(=O)(=O)N[C@@H](C)CSCC(O)CSc2ccc(S(N)(=O)=O)cc2)cc1. The van der Waals surface area contributed by atoms with Crippen molar-refractivity contribution in [3.05, 3.63) is 54.1 Å². The molecule has 2 aromatic carbocycles. The van der Waals surface area contributed by atoms with Crippen molar-refractivity contribution >= 4 is 43.6 Å². The molecule has 0 bridgehead atoms. The van der Waals surface area contributed by atoms with E-state index < -0.39 is 26.2 Å². The highest BCUT2D eigenvalue weighted by Crippen LogP contribution is 2.22. The molecule has 11 heteroatoms. The molecule has 30 heavy (non-hydrogen) atoms. The first-order valence-electron chi connectivity index (χ1n) is 9.08. The highest BCUT2D eigenvalue weighted by Gasteiger charge is 2.17. The molecule has 0 fully saturated rings. The molecule has 2 aromatic rings. The molecule has 0 saturated heterocycles. The standard InChI is InChI=1S/C19H26N2O5S4/c1-14-3-7-19(8-4-14)30(25,26)21-15(2)11-27-12-16(22)13-28-17-5-9-18(10-6-17)29(20,23)24/h3-10,15-16,21-22H,11-13H2,1-2H3,(H2,20,23,24)/t15-,16?/m0/s1. The monoisotopic (exact) mass is 490 g/mol. The van der Waals surface area contributed by atoms with E-state index in [4.69, 9.17) is 5.14 Å². The van der Waals surface area contributed by atoms with Gasteiger partial charge in [-0.15, -0.1) is 11.8 Å². The van der Waals surface area contributed by atoms with Crippen molar-refractivity contribution in [2.24, 2.45) is 5.14 Å². The van der Waals surface area contributed by atoms with E-state index in [0.717, 1.165) is 10.5 Å². The summed E-state index contributed by atoms with van der Waals surface area (Å²) in [4.78, 5) is 1.10. The molecule has 0 amide bonds. The van der Waals surface area contributed by atoms with Crippen molar-refractivity contribution in [3.8, 4) is 0 Å². The minimum Gasteiger partial charge on any atom is -0.391 e. The van der Waals surface area contributed by atoms with Gasteiger partial charge in [-0.1, -0.05) is 17.7 Å². The maximum absolute atomic E-state index is 12.4. The van der Waals surface area contributed by atoms with Crippen LogP contribution in [-0.4, -0.2) is 51.3 Å². The second-order valence-corrected chi connectivity index (χ2v) is 12.3. The number of aryl methyl sites for hydroxylation is 1. The van der Waals surface area contributed by atoms with Crippen LogP contribution in [0.1, 0.15) is 12.5 Å². The Balaban J connectivity index is 1.73. The van der Waals surface area contributed by atoms with E-state index in [9.17, 15) is 21.9 Å². The van der Waals surface area contributed by atoms with E-state index in [0.29, 0.717) is 17.3 Å². The van der Waals surface area contributed by atoms with Crippen LogP contribution in [0.2, 0.25) is 0 Å². The Morgan fingerprint density at radius 3 is 2.07 bits per heavy atom. The Bertz CT molecular complexity index is 1020. The third-order valence-electron chi connectivity index (χ3n) is 3.96. The lowest BCUT2D eigenvalue weighted by molar-refractivity contribution is 0.225. The summed E-state index contributed by atoms with van der Waals surface area (Å²) in [6, 6.07) is 12.5. The van der Waals surface area contributed by atoms with Gasteiger partial charge in [-0.2, -0.15) is 11.8 Å². The number of thioether (sulfide) groups is 2. The third-order valence-corrected chi connectivity index (χ3v) is 9.01. The molecule has 7 nitrogen and oxygen atoms in total. The topological polar surface area (TPSA) is 127 Å². The molecule has 0 aliphatic rings. The van der Waals surface area contributed by atoms with Crippen molar-refractivity contribution in [1.82, 2.24) is 4.72 Å². The molecule has 0 radical (unpaired) electrons.